The van der Waals surface area contributed by atoms with Crippen molar-refractivity contribution in [3.05, 3.63) is 40.3 Å². The van der Waals surface area contributed by atoms with Gasteiger partial charge in [0.25, 0.3) is 11.5 Å². The van der Waals surface area contributed by atoms with Gasteiger partial charge in [0.15, 0.2) is 5.69 Å². The van der Waals surface area contributed by atoms with Gasteiger partial charge in [0, 0.05) is 11.4 Å². The summed E-state index contributed by atoms with van der Waals surface area (Å²) in [5.74, 6) is -0.502. The third kappa shape index (κ3) is 2.38. The molecule has 0 aliphatic heterocycles. The number of amides is 1. The van der Waals surface area contributed by atoms with Crippen molar-refractivity contribution in [3.8, 4) is 6.07 Å². The second kappa shape index (κ2) is 5.37. The van der Waals surface area contributed by atoms with Crippen LogP contribution in [0.1, 0.15) is 29.8 Å². The highest BCUT2D eigenvalue weighted by Gasteiger charge is 2.29. The molecule has 2 unspecified atom stereocenters. The van der Waals surface area contributed by atoms with E-state index in [0.29, 0.717) is 10.8 Å². The Morgan fingerprint density at radius 1 is 1.33 bits per heavy atom. The fourth-order valence-electron chi connectivity index (χ4n) is 2.81. The minimum absolute atomic E-state index is 0.144. The summed E-state index contributed by atoms with van der Waals surface area (Å²) in [5, 5.41) is 19.1. The largest absolute Gasteiger partial charge is 0.347 e. The maximum atomic E-state index is 12.4. The number of rotatable bonds is 2. The van der Waals surface area contributed by atoms with Crippen LogP contribution in [0.4, 0.5) is 0 Å². The van der Waals surface area contributed by atoms with Gasteiger partial charge in [-0.05, 0) is 25.3 Å². The molecule has 0 bridgehead atoms. The van der Waals surface area contributed by atoms with E-state index in [9.17, 15) is 9.59 Å². The first kappa shape index (κ1) is 13.3. The van der Waals surface area contributed by atoms with Gasteiger partial charge in [0.2, 0.25) is 0 Å². The van der Waals surface area contributed by atoms with Gasteiger partial charge in [0.1, 0.15) is 0 Å². The lowest BCUT2D eigenvalue weighted by Gasteiger charge is -2.15. The first-order chi connectivity index (χ1) is 10.2. The van der Waals surface area contributed by atoms with Crippen molar-refractivity contribution in [1.82, 2.24) is 15.5 Å². The highest BCUT2D eigenvalue weighted by atomic mass is 16.2. The molecule has 2 N–H and O–H groups in total. The molecule has 0 spiro atoms. The minimum Gasteiger partial charge on any atom is -0.347 e. The molecule has 1 fully saturated rings. The summed E-state index contributed by atoms with van der Waals surface area (Å²) in [5.41, 5.74) is -0.133. The van der Waals surface area contributed by atoms with Crippen LogP contribution in [-0.2, 0) is 0 Å². The Hall–Kier alpha value is -2.68. The highest BCUT2D eigenvalue weighted by molar-refractivity contribution is 6.04. The molecule has 1 aromatic carbocycles. The summed E-state index contributed by atoms with van der Waals surface area (Å²) in [6.45, 7) is 0. The van der Waals surface area contributed by atoms with Crippen molar-refractivity contribution in [2.75, 3.05) is 0 Å². The molecule has 1 saturated carbocycles. The third-order valence-corrected chi connectivity index (χ3v) is 3.91. The fraction of sp³-hybridized carbons (Fsp3) is 0.333. The van der Waals surface area contributed by atoms with E-state index in [1.807, 2.05) is 0 Å². The van der Waals surface area contributed by atoms with Gasteiger partial charge in [-0.15, -0.1) is 0 Å². The Morgan fingerprint density at radius 3 is 2.86 bits per heavy atom. The van der Waals surface area contributed by atoms with E-state index in [-0.39, 0.29) is 29.1 Å². The van der Waals surface area contributed by atoms with Crippen LogP contribution in [0.5, 0.6) is 0 Å². The number of carbonyl (C=O) groups is 1. The summed E-state index contributed by atoms with van der Waals surface area (Å²) in [7, 11) is 0. The molecule has 2 atom stereocenters. The second-order valence-electron chi connectivity index (χ2n) is 5.19. The van der Waals surface area contributed by atoms with E-state index in [1.165, 1.54) is 0 Å². The van der Waals surface area contributed by atoms with Crippen LogP contribution < -0.4 is 10.9 Å². The lowest BCUT2D eigenvalue weighted by molar-refractivity contribution is 0.0928. The van der Waals surface area contributed by atoms with E-state index < -0.39 is 0 Å². The van der Waals surface area contributed by atoms with Gasteiger partial charge in [-0.3, -0.25) is 9.59 Å². The molecule has 1 aliphatic rings. The number of nitrogens with one attached hydrogen (secondary N) is 2. The van der Waals surface area contributed by atoms with Crippen molar-refractivity contribution in [1.29, 1.82) is 5.26 Å². The Kier molecular flexibility index (Phi) is 3.40. The number of H-pyrrole nitrogens is 1. The molecule has 106 valence electrons. The molecule has 1 heterocycles. The van der Waals surface area contributed by atoms with Crippen LogP contribution in [0, 0.1) is 17.2 Å². The number of aromatic amines is 1. The van der Waals surface area contributed by atoms with Crippen LogP contribution in [-0.4, -0.2) is 22.1 Å². The molecule has 2 aromatic rings. The summed E-state index contributed by atoms with van der Waals surface area (Å²) in [6.07, 6.45) is 2.54. The quantitative estimate of drug-likeness (QED) is 0.868. The van der Waals surface area contributed by atoms with Gasteiger partial charge in [0.05, 0.1) is 17.4 Å². The number of benzene rings is 1. The number of carbonyl (C=O) groups excluding carboxylic acids is 1. The molecule has 0 saturated heterocycles. The molecular formula is C15H14N4O2. The number of hydrogen-bond acceptors (Lipinski definition) is 4. The number of nitrogens with zero attached hydrogens (tertiary/aromatic N) is 2. The topological polar surface area (TPSA) is 98.6 Å². The monoisotopic (exact) mass is 282 g/mol. The SMILES string of the molecule is N#CC1CCCC1NC(=O)c1n[nH]c(=O)c2ccccc12. The molecule has 6 nitrogen and oxygen atoms in total. The number of aromatic nitrogens is 2. The van der Waals surface area contributed by atoms with E-state index in [2.05, 4.69) is 21.6 Å². The third-order valence-electron chi connectivity index (χ3n) is 3.91. The van der Waals surface area contributed by atoms with Crippen molar-refractivity contribution in [2.24, 2.45) is 5.92 Å². The lowest BCUT2D eigenvalue weighted by Crippen LogP contribution is -2.37. The maximum Gasteiger partial charge on any atom is 0.272 e. The van der Waals surface area contributed by atoms with Crippen molar-refractivity contribution >= 4 is 16.7 Å². The van der Waals surface area contributed by atoms with Gasteiger partial charge in [-0.2, -0.15) is 10.4 Å². The Bertz CT molecular complexity index is 790. The lowest BCUT2D eigenvalue weighted by atomic mass is 10.1. The average molecular weight is 282 g/mol. The van der Waals surface area contributed by atoms with Crippen LogP contribution in [0.3, 0.4) is 0 Å². The van der Waals surface area contributed by atoms with Crippen LogP contribution in [0.2, 0.25) is 0 Å². The molecular weight excluding hydrogens is 268 g/mol. The van der Waals surface area contributed by atoms with Gasteiger partial charge >= 0.3 is 0 Å². The molecule has 21 heavy (non-hydrogen) atoms. The van der Waals surface area contributed by atoms with Crippen molar-refractivity contribution < 1.29 is 4.79 Å². The summed E-state index contributed by atoms with van der Waals surface area (Å²) in [4.78, 5) is 24.1. The number of nitriles is 1. The highest BCUT2D eigenvalue weighted by Crippen LogP contribution is 2.25. The molecule has 1 aliphatic carbocycles. The van der Waals surface area contributed by atoms with Crippen molar-refractivity contribution in [2.45, 2.75) is 25.3 Å². The molecule has 1 aromatic heterocycles. The Labute approximate surface area is 120 Å². The predicted molar refractivity (Wildman–Crippen MR) is 76.6 cm³/mol. The van der Waals surface area contributed by atoms with Gasteiger partial charge < -0.3 is 5.32 Å². The fourth-order valence-corrected chi connectivity index (χ4v) is 2.81. The summed E-state index contributed by atoms with van der Waals surface area (Å²) < 4.78 is 0. The first-order valence-corrected chi connectivity index (χ1v) is 6.88. The average Bonchev–Trinajstić information content (AvgIpc) is 2.95. The standard InChI is InChI=1S/C15H14N4O2/c16-8-9-4-3-7-12(9)17-15(21)13-10-5-1-2-6-11(10)14(20)19-18-13/h1-2,5-6,9,12H,3-4,7H2,(H,17,21)(H,19,20). The summed E-state index contributed by atoms with van der Waals surface area (Å²) >= 11 is 0. The predicted octanol–water partition coefficient (Wildman–Crippen LogP) is 1.35. The van der Waals surface area contributed by atoms with E-state index >= 15 is 0 Å². The Balaban J connectivity index is 1.94. The molecule has 6 heteroatoms. The van der Waals surface area contributed by atoms with Gasteiger partial charge in [-0.1, -0.05) is 18.2 Å². The zero-order chi connectivity index (χ0) is 14.8. The second-order valence-corrected chi connectivity index (χ2v) is 5.19. The Morgan fingerprint density at radius 2 is 2.10 bits per heavy atom. The summed E-state index contributed by atoms with van der Waals surface area (Å²) in [6, 6.07) is 8.93. The van der Waals surface area contributed by atoms with E-state index in [1.54, 1.807) is 24.3 Å². The van der Waals surface area contributed by atoms with Crippen LogP contribution in [0.15, 0.2) is 29.1 Å². The molecule has 0 radical (unpaired) electrons. The minimum atomic E-state index is -0.352. The zero-order valence-electron chi connectivity index (χ0n) is 11.3. The van der Waals surface area contributed by atoms with E-state index in [4.69, 9.17) is 5.26 Å². The maximum absolute atomic E-state index is 12.4. The van der Waals surface area contributed by atoms with Gasteiger partial charge in [-0.25, -0.2) is 5.10 Å². The zero-order valence-corrected chi connectivity index (χ0v) is 11.3. The van der Waals surface area contributed by atoms with E-state index in [0.717, 1.165) is 19.3 Å². The first-order valence-electron chi connectivity index (χ1n) is 6.88. The smallest absolute Gasteiger partial charge is 0.272 e. The van der Waals surface area contributed by atoms with Crippen LogP contribution >= 0.6 is 0 Å². The number of fused-ring (bicyclic) bond motifs is 1. The normalized spacial score (nSPS) is 21.1. The van der Waals surface area contributed by atoms with Crippen molar-refractivity contribution in [3.63, 3.8) is 0 Å². The van der Waals surface area contributed by atoms with Crippen LogP contribution in [0.25, 0.3) is 10.8 Å². The molecule has 3 rings (SSSR count). The molecule has 1 amide bonds. The number of hydrogen-bond donors (Lipinski definition) is 2.